The molecule has 5 heteroatoms. The van der Waals surface area contributed by atoms with E-state index in [2.05, 4.69) is 24.0 Å². The van der Waals surface area contributed by atoms with Crippen molar-refractivity contribution in [2.45, 2.75) is 32.5 Å². The topological polar surface area (TPSA) is 16.1 Å². The first-order valence-electron chi connectivity index (χ1n) is 10.7. The summed E-state index contributed by atoms with van der Waals surface area (Å²) in [6.45, 7) is 4.77. The largest absolute Gasteiger partial charge is 0.416 e. The van der Waals surface area contributed by atoms with Gasteiger partial charge in [-0.05, 0) is 59.5 Å². The molecule has 0 spiro atoms. The average molecular weight is 420 g/mol. The Morgan fingerprint density at radius 2 is 1.81 bits per heavy atom. The highest BCUT2D eigenvalue weighted by molar-refractivity contribution is 6.09. The maximum atomic E-state index is 13.4. The van der Waals surface area contributed by atoms with E-state index >= 15 is 0 Å². The maximum absolute atomic E-state index is 13.4. The monoisotopic (exact) mass is 420 g/mol. The molecule has 1 aliphatic heterocycles. The third kappa shape index (κ3) is 3.57. The van der Waals surface area contributed by atoms with Crippen molar-refractivity contribution in [1.82, 2.24) is 9.88 Å². The lowest BCUT2D eigenvalue weighted by Crippen LogP contribution is -2.32. The van der Waals surface area contributed by atoms with E-state index in [0.717, 1.165) is 59.2 Å². The summed E-state index contributed by atoms with van der Waals surface area (Å²) >= 11 is 0. The minimum Gasteiger partial charge on any atom is -0.299 e. The van der Waals surface area contributed by atoms with Gasteiger partial charge in [0.1, 0.15) is 0 Å². The van der Waals surface area contributed by atoms with Gasteiger partial charge >= 0.3 is 6.18 Å². The lowest BCUT2D eigenvalue weighted by molar-refractivity contribution is -0.137. The van der Waals surface area contributed by atoms with E-state index in [9.17, 15) is 13.2 Å². The summed E-state index contributed by atoms with van der Waals surface area (Å²) in [5.41, 5.74) is 3.68. The molecule has 158 valence electrons. The van der Waals surface area contributed by atoms with Crippen LogP contribution in [0.2, 0.25) is 0 Å². The molecule has 0 aliphatic carbocycles. The van der Waals surface area contributed by atoms with E-state index in [-0.39, 0.29) is 0 Å². The molecule has 0 bridgehead atoms. The summed E-state index contributed by atoms with van der Waals surface area (Å²) in [5.74, 6) is 0. The number of hydrogen-bond donors (Lipinski definition) is 0. The molecule has 0 unspecified atom stereocenters. The highest BCUT2D eigenvalue weighted by Gasteiger charge is 2.31. The zero-order valence-corrected chi connectivity index (χ0v) is 17.3. The summed E-state index contributed by atoms with van der Waals surface area (Å²) in [6.07, 6.45) is -2.47. The van der Waals surface area contributed by atoms with Crippen LogP contribution < -0.4 is 0 Å². The Kier molecular flexibility index (Phi) is 4.94. The standard InChI is InChI=1S/C26H23F3N2/c1-2-13-31-14-12-21-22(16-31)25(18-7-5-8-19(15-18)26(27,28)29)30-23-11-10-17-6-3-4-9-20(17)24(21)23/h3-11,15H,2,12-14,16H2,1H3. The number of fused-ring (bicyclic) bond motifs is 5. The first-order valence-corrected chi connectivity index (χ1v) is 10.7. The second-order valence-electron chi connectivity index (χ2n) is 8.20. The van der Waals surface area contributed by atoms with Gasteiger partial charge in [-0.2, -0.15) is 13.2 Å². The molecule has 0 saturated heterocycles. The molecule has 3 aromatic carbocycles. The summed E-state index contributed by atoms with van der Waals surface area (Å²) in [6, 6.07) is 17.9. The van der Waals surface area contributed by atoms with Gasteiger partial charge < -0.3 is 0 Å². The van der Waals surface area contributed by atoms with Gasteiger partial charge in [0.05, 0.1) is 16.8 Å². The molecule has 0 amide bonds. The molecule has 1 aliphatic rings. The second kappa shape index (κ2) is 7.65. The van der Waals surface area contributed by atoms with E-state index in [0.29, 0.717) is 17.8 Å². The van der Waals surface area contributed by atoms with Crippen LogP contribution in [-0.4, -0.2) is 23.0 Å². The van der Waals surface area contributed by atoms with Crippen LogP contribution in [-0.2, 0) is 19.1 Å². The lowest BCUT2D eigenvalue weighted by atomic mass is 9.89. The van der Waals surface area contributed by atoms with Gasteiger partial charge in [-0.25, -0.2) is 4.98 Å². The van der Waals surface area contributed by atoms with Crippen molar-refractivity contribution in [3.63, 3.8) is 0 Å². The van der Waals surface area contributed by atoms with Gasteiger partial charge in [-0.3, -0.25) is 4.90 Å². The molecule has 0 atom stereocenters. The predicted octanol–water partition coefficient (Wildman–Crippen LogP) is 6.84. The summed E-state index contributed by atoms with van der Waals surface area (Å²) in [7, 11) is 0. The Morgan fingerprint density at radius 3 is 2.61 bits per heavy atom. The molecule has 4 aromatic rings. The van der Waals surface area contributed by atoms with E-state index in [1.807, 2.05) is 24.3 Å². The van der Waals surface area contributed by atoms with Crippen molar-refractivity contribution in [2.75, 3.05) is 13.1 Å². The fourth-order valence-electron chi connectivity index (χ4n) is 4.76. The Balaban J connectivity index is 1.79. The molecule has 31 heavy (non-hydrogen) atoms. The molecule has 5 rings (SSSR count). The number of rotatable bonds is 3. The molecular formula is C26H23F3N2. The van der Waals surface area contributed by atoms with Crippen molar-refractivity contribution in [3.8, 4) is 11.3 Å². The lowest BCUT2D eigenvalue weighted by Gasteiger charge is -2.31. The Labute approximate surface area is 179 Å². The van der Waals surface area contributed by atoms with Crippen molar-refractivity contribution >= 4 is 21.7 Å². The van der Waals surface area contributed by atoms with Crippen LogP contribution in [0.3, 0.4) is 0 Å². The van der Waals surface area contributed by atoms with Crippen LogP contribution in [0.15, 0.2) is 60.7 Å². The molecule has 0 N–H and O–H groups in total. The number of halogens is 3. The highest BCUT2D eigenvalue weighted by atomic mass is 19.4. The minimum atomic E-state index is -4.38. The van der Waals surface area contributed by atoms with Gasteiger partial charge in [0, 0.05) is 24.0 Å². The fraction of sp³-hybridized carbons (Fsp3) is 0.269. The fourth-order valence-corrected chi connectivity index (χ4v) is 4.76. The quantitative estimate of drug-likeness (QED) is 0.337. The van der Waals surface area contributed by atoms with Gasteiger partial charge in [0.25, 0.3) is 0 Å². The van der Waals surface area contributed by atoms with Gasteiger partial charge in [-0.1, -0.05) is 49.4 Å². The third-order valence-corrected chi connectivity index (χ3v) is 6.15. The smallest absolute Gasteiger partial charge is 0.299 e. The SMILES string of the molecule is CCCN1CCc2c(c(-c3cccc(C(F)(F)F)c3)nc3ccc4ccccc4c23)C1. The zero-order chi connectivity index (χ0) is 21.6. The second-order valence-corrected chi connectivity index (χ2v) is 8.20. The van der Waals surface area contributed by atoms with E-state index in [4.69, 9.17) is 4.98 Å². The Bertz CT molecular complexity index is 1280. The van der Waals surface area contributed by atoms with E-state index in [1.165, 1.54) is 17.7 Å². The van der Waals surface area contributed by atoms with Crippen LogP contribution in [0.1, 0.15) is 30.0 Å². The van der Waals surface area contributed by atoms with Crippen LogP contribution in [0.4, 0.5) is 13.2 Å². The molecule has 0 saturated carbocycles. The number of nitrogens with zero attached hydrogens (tertiary/aromatic N) is 2. The third-order valence-electron chi connectivity index (χ3n) is 6.15. The van der Waals surface area contributed by atoms with E-state index < -0.39 is 11.7 Å². The van der Waals surface area contributed by atoms with Crippen molar-refractivity contribution in [1.29, 1.82) is 0 Å². The van der Waals surface area contributed by atoms with Crippen molar-refractivity contribution in [3.05, 3.63) is 77.4 Å². The van der Waals surface area contributed by atoms with Crippen molar-refractivity contribution in [2.24, 2.45) is 0 Å². The number of hydrogen-bond acceptors (Lipinski definition) is 2. The molecule has 0 fully saturated rings. The first kappa shape index (κ1) is 20.0. The predicted molar refractivity (Wildman–Crippen MR) is 119 cm³/mol. The van der Waals surface area contributed by atoms with Crippen molar-refractivity contribution < 1.29 is 13.2 Å². The molecule has 1 aromatic heterocycles. The average Bonchev–Trinajstić information content (AvgIpc) is 2.78. The number of benzene rings is 3. The van der Waals surface area contributed by atoms with Gasteiger partial charge in [-0.15, -0.1) is 0 Å². The van der Waals surface area contributed by atoms with Crippen LogP contribution in [0.25, 0.3) is 32.9 Å². The number of alkyl halides is 3. The molecule has 2 nitrogen and oxygen atoms in total. The normalized spacial score (nSPS) is 14.8. The Morgan fingerprint density at radius 1 is 0.968 bits per heavy atom. The molecular weight excluding hydrogens is 397 g/mol. The van der Waals surface area contributed by atoms with Crippen LogP contribution >= 0.6 is 0 Å². The Hall–Kier alpha value is -2.92. The summed E-state index contributed by atoms with van der Waals surface area (Å²) in [4.78, 5) is 7.31. The minimum absolute atomic E-state index is 0.527. The molecule has 0 radical (unpaired) electrons. The number of aromatic nitrogens is 1. The van der Waals surface area contributed by atoms with Gasteiger partial charge in [0.15, 0.2) is 0 Å². The first-order chi connectivity index (χ1) is 15.0. The zero-order valence-electron chi connectivity index (χ0n) is 17.3. The van der Waals surface area contributed by atoms with Crippen LogP contribution in [0, 0.1) is 0 Å². The highest BCUT2D eigenvalue weighted by Crippen LogP contribution is 2.39. The molecule has 2 heterocycles. The maximum Gasteiger partial charge on any atom is 0.416 e. The summed E-state index contributed by atoms with van der Waals surface area (Å²) < 4.78 is 40.2. The van der Waals surface area contributed by atoms with Gasteiger partial charge in [0.2, 0.25) is 0 Å². The number of pyridine rings is 1. The summed E-state index contributed by atoms with van der Waals surface area (Å²) in [5, 5.41) is 3.45. The van der Waals surface area contributed by atoms with E-state index in [1.54, 1.807) is 6.07 Å². The van der Waals surface area contributed by atoms with Crippen LogP contribution in [0.5, 0.6) is 0 Å².